The Morgan fingerprint density at radius 1 is 1.56 bits per heavy atom. The van der Waals surface area contributed by atoms with Crippen molar-refractivity contribution < 1.29 is 4.74 Å². The van der Waals surface area contributed by atoms with Gasteiger partial charge in [0.1, 0.15) is 6.23 Å². The standard InChI is InChI=1S/C7H13NO/c1-4-5-6-8-7(2)9-3/h4-7H,1-3H3/b5-4-,8-6?. The van der Waals surface area contributed by atoms with Crippen LogP contribution in [0.15, 0.2) is 17.1 Å². The average Bonchev–Trinajstić information content (AvgIpc) is 1.89. The van der Waals surface area contributed by atoms with Crippen LogP contribution in [0.1, 0.15) is 13.8 Å². The molecule has 9 heavy (non-hydrogen) atoms. The average molecular weight is 127 g/mol. The van der Waals surface area contributed by atoms with E-state index in [1.807, 2.05) is 26.0 Å². The van der Waals surface area contributed by atoms with Gasteiger partial charge in [0.2, 0.25) is 0 Å². The monoisotopic (exact) mass is 127 g/mol. The fourth-order valence-corrected chi connectivity index (χ4v) is 0.318. The van der Waals surface area contributed by atoms with Crippen molar-refractivity contribution in [2.45, 2.75) is 20.1 Å². The third-order valence-corrected chi connectivity index (χ3v) is 0.916. The van der Waals surface area contributed by atoms with Crippen molar-refractivity contribution in [1.29, 1.82) is 0 Å². The smallest absolute Gasteiger partial charge is 0.145 e. The third-order valence-electron chi connectivity index (χ3n) is 0.916. The van der Waals surface area contributed by atoms with Crippen molar-refractivity contribution in [2.24, 2.45) is 4.99 Å². The first kappa shape index (κ1) is 8.37. The van der Waals surface area contributed by atoms with Crippen LogP contribution in [0, 0.1) is 0 Å². The zero-order valence-corrected chi connectivity index (χ0v) is 6.16. The fraction of sp³-hybridized carbons (Fsp3) is 0.571. The van der Waals surface area contributed by atoms with E-state index in [4.69, 9.17) is 4.74 Å². The van der Waals surface area contributed by atoms with Gasteiger partial charge in [-0.25, -0.2) is 0 Å². The van der Waals surface area contributed by atoms with Gasteiger partial charge in [0, 0.05) is 13.3 Å². The molecule has 0 fully saturated rings. The summed E-state index contributed by atoms with van der Waals surface area (Å²) >= 11 is 0. The van der Waals surface area contributed by atoms with Gasteiger partial charge in [-0.2, -0.15) is 0 Å². The number of allylic oxidation sites excluding steroid dienone is 2. The van der Waals surface area contributed by atoms with Crippen molar-refractivity contribution >= 4 is 6.21 Å². The third kappa shape index (κ3) is 5.24. The molecule has 0 aromatic heterocycles. The van der Waals surface area contributed by atoms with Crippen LogP contribution in [-0.2, 0) is 4.74 Å². The predicted molar refractivity (Wildman–Crippen MR) is 39.8 cm³/mol. The number of aliphatic imine (C=N–C) groups is 1. The summed E-state index contributed by atoms with van der Waals surface area (Å²) < 4.78 is 4.86. The minimum atomic E-state index is -0.0267. The molecule has 0 aromatic carbocycles. The van der Waals surface area contributed by atoms with Crippen molar-refractivity contribution in [3.8, 4) is 0 Å². The molecule has 2 heteroatoms. The molecule has 0 N–H and O–H groups in total. The van der Waals surface area contributed by atoms with E-state index in [0.29, 0.717) is 0 Å². The maximum atomic E-state index is 4.86. The van der Waals surface area contributed by atoms with Gasteiger partial charge in [-0.05, 0) is 19.9 Å². The first-order chi connectivity index (χ1) is 4.31. The summed E-state index contributed by atoms with van der Waals surface area (Å²) in [5.41, 5.74) is 0. The van der Waals surface area contributed by atoms with E-state index < -0.39 is 0 Å². The van der Waals surface area contributed by atoms with E-state index >= 15 is 0 Å². The molecule has 0 aliphatic carbocycles. The van der Waals surface area contributed by atoms with Crippen LogP contribution in [0.5, 0.6) is 0 Å². The molecule has 0 aliphatic rings. The van der Waals surface area contributed by atoms with Gasteiger partial charge in [-0.15, -0.1) is 0 Å². The van der Waals surface area contributed by atoms with Gasteiger partial charge < -0.3 is 4.74 Å². The van der Waals surface area contributed by atoms with Crippen LogP contribution >= 0.6 is 0 Å². The SMILES string of the molecule is C/C=C\C=NC(C)OC. The number of rotatable bonds is 3. The summed E-state index contributed by atoms with van der Waals surface area (Å²) in [5, 5.41) is 0. The Labute approximate surface area is 56.2 Å². The van der Waals surface area contributed by atoms with Crippen molar-refractivity contribution in [3.05, 3.63) is 12.2 Å². The van der Waals surface area contributed by atoms with E-state index in [-0.39, 0.29) is 6.23 Å². The molecule has 0 saturated carbocycles. The van der Waals surface area contributed by atoms with Crippen LogP contribution < -0.4 is 0 Å². The number of nitrogens with zero attached hydrogens (tertiary/aromatic N) is 1. The van der Waals surface area contributed by atoms with Gasteiger partial charge in [0.15, 0.2) is 0 Å². The highest BCUT2D eigenvalue weighted by molar-refractivity contribution is 5.70. The summed E-state index contributed by atoms with van der Waals surface area (Å²) in [4.78, 5) is 4.00. The minimum Gasteiger partial charge on any atom is -0.360 e. The molecule has 1 unspecified atom stereocenters. The van der Waals surface area contributed by atoms with E-state index in [2.05, 4.69) is 4.99 Å². The summed E-state index contributed by atoms with van der Waals surface area (Å²) in [5.74, 6) is 0. The molecule has 0 radical (unpaired) electrons. The Bertz CT molecular complexity index is 107. The lowest BCUT2D eigenvalue weighted by atomic mass is 10.5. The van der Waals surface area contributed by atoms with E-state index in [1.54, 1.807) is 13.3 Å². The Morgan fingerprint density at radius 2 is 2.22 bits per heavy atom. The summed E-state index contributed by atoms with van der Waals surface area (Å²) in [7, 11) is 1.64. The van der Waals surface area contributed by atoms with Crippen LogP contribution in [0.4, 0.5) is 0 Å². The molecule has 0 rings (SSSR count). The Morgan fingerprint density at radius 3 is 2.67 bits per heavy atom. The number of hydrogen-bond donors (Lipinski definition) is 0. The largest absolute Gasteiger partial charge is 0.360 e. The quantitative estimate of drug-likeness (QED) is 0.528. The van der Waals surface area contributed by atoms with E-state index in [0.717, 1.165) is 0 Å². The molecule has 0 spiro atoms. The fourth-order valence-electron chi connectivity index (χ4n) is 0.318. The Balaban J connectivity index is 3.43. The minimum absolute atomic E-state index is 0.0267. The van der Waals surface area contributed by atoms with Crippen molar-refractivity contribution in [1.82, 2.24) is 0 Å². The van der Waals surface area contributed by atoms with Crippen molar-refractivity contribution in [3.63, 3.8) is 0 Å². The molecular weight excluding hydrogens is 114 g/mol. The highest BCUT2D eigenvalue weighted by Gasteiger charge is 1.86. The second-order valence-electron chi connectivity index (χ2n) is 1.66. The van der Waals surface area contributed by atoms with Crippen LogP contribution in [-0.4, -0.2) is 19.6 Å². The van der Waals surface area contributed by atoms with Gasteiger partial charge in [-0.1, -0.05) is 6.08 Å². The molecule has 1 atom stereocenters. The highest BCUT2D eigenvalue weighted by atomic mass is 16.5. The van der Waals surface area contributed by atoms with Gasteiger partial charge in [0.05, 0.1) is 0 Å². The lowest BCUT2D eigenvalue weighted by Gasteiger charge is -1.98. The number of ether oxygens (including phenoxy) is 1. The van der Waals surface area contributed by atoms with Gasteiger partial charge in [0.25, 0.3) is 0 Å². The molecular formula is C7H13NO. The predicted octanol–water partition coefficient (Wildman–Crippen LogP) is 1.63. The van der Waals surface area contributed by atoms with Crippen LogP contribution in [0.25, 0.3) is 0 Å². The second kappa shape index (κ2) is 5.51. The van der Waals surface area contributed by atoms with Crippen LogP contribution in [0.2, 0.25) is 0 Å². The Hall–Kier alpha value is -0.630. The lowest BCUT2D eigenvalue weighted by molar-refractivity contribution is 0.127. The molecule has 0 aliphatic heterocycles. The maximum Gasteiger partial charge on any atom is 0.145 e. The molecule has 0 amide bonds. The van der Waals surface area contributed by atoms with E-state index in [1.165, 1.54) is 0 Å². The topological polar surface area (TPSA) is 21.6 Å². The summed E-state index contributed by atoms with van der Waals surface area (Å²) in [6.07, 6.45) is 5.50. The number of methoxy groups -OCH3 is 1. The normalized spacial score (nSPS) is 15.4. The molecule has 52 valence electrons. The highest BCUT2D eigenvalue weighted by Crippen LogP contribution is 1.86. The molecule has 0 aromatic rings. The van der Waals surface area contributed by atoms with E-state index in [9.17, 15) is 0 Å². The van der Waals surface area contributed by atoms with Crippen LogP contribution in [0.3, 0.4) is 0 Å². The first-order valence-corrected chi connectivity index (χ1v) is 2.98. The van der Waals surface area contributed by atoms with Crippen molar-refractivity contribution in [2.75, 3.05) is 7.11 Å². The van der Waals surface area contributed by atoms with Gasteiger partial charge >= 0.3 is 0 Å². The van der Waals surface area contributed by atoms with Gasteiger partial charge in [-0.3, -0.25) is 4.99 Å². The molecule has 2 nitrogen and oxygen atoms in total. The zero-order chi connectivity index (χ0) is 7.11. The molecule has 0 bridgehead atoms. The first-order valence-electron chi connectivity index (χ1n) is 2.98. The summed E-state index contributed by atoms with van der Waals surface area (Å²) in [6.45, 7) is 3.84. The second-order valence-corrected chi connectivity index (χ2v) is 1.66. The summed E-state index contributed by atoms with van der Waals surface area (Å²) in [6, 6.07) is 0. The zero-order valence-electron chi connectivity index (χ0n) is 6.16. The number of hydrogen-bond acceptors (Lipinski definition) is 2. The molecule has 0 heterocycles. The lowest BCUT2D eigenvalue weighted by Crippen LogP contribution is -1.99. The maximum absolute atomic E-state index is 4.86. The Kier molecular flexibility index (Phi) is 5.12. The molecule has 0 saturated heterocycles.